The number of halogens is 2. The molecule has 0 bridgehead atoms. The summed E-state index contributed by atoms with van der Waals surface area (Å²) >= 11 is 5.84. The Morgan fingerprint density at radius 2 is 1.73 bits per heavy atom. The van der Waals surface area contributed by atoms with Crippen molar-refractivity contribution in [2.75, 3.05) is 12.8 Å². The number of carbonyl (C=O) groups excluding carboxylic acids is 1. The van der Waals surface area contributed by atoms with E-state index in [-0.39, 0.29) is 19.1 Å². The zero-order valence-electron chi connectivity index (χ0n) is 14.4. The number of amides is 1. The van der Waals surface area contributed by atoms with Crippen molar-refractivity contribution in [2.24, 2.45) is 0 Å². The van der Waals surface area contributed by atoms with E-state index in [1.54, 1.807) is 31.2 Å². The van der Waals surface area contributed by atoms with Crippen LogP contribution in [0.15, 0.2) is 48.5 Å². The van der Waals surface area contributed by atoms with E-state index < -0.39 is 21.7 Å². The molecule has 0 radical (unpaired) electrons. The molecule has 2 rings (SSSR count). The van der Waals surface area contributed by atoms with Gasteiger partial charge in [0.25, 0.3) is 0 Å². The summed E-state index contributed by atoms with van der Waals surface area (Å²) in [5, 5.41) is 3.36. The molecule has 26 heavy (non-hydrogen) atoms. The summed E-state index contributed by atoms with van der Waals surface area (Å²) in [6.45, 7) is 1.46. The van der Waals surface area contributed by atoms with Gasteiger partial charge in [0.15, 0.2) is 0 Å². The fourth-order valence-corrected chi connectivity index (χ4v) is 3.23. The first kappa shape index (κ1) is 20.4. The van der Waals surface area contributed by atoms with E-state index in [4.69, 9.17) is 11.6 Å². The second kappa shape index (κ2) is 8.62. The maximum atomic E-state index is 13.0. The standard InChI is InChI=1S/C18H20ClFN2O3S/c1-13(15-5-7-16(19)8-6-15)21-18(23)12-22(26(2,24)25)11-14-3-9-17(20)10-4-14/h3-10,13H,11-12H2,1-2H3,(H,21,23). The van der Waals surface area contributed by atoms with Gasteiger partial charge in [0.1, 0.15) is 5.82 Å². The molecule has 1 N–H and O–H groups in total. The first-order valence-electron chi connectivity index (χ1n) is 7.89. The lowest BCUT2D eigenvalue weighted by atomic mass is 10.1. The van der Waals surface area contributed by atoms with Crippen molar-refractivity contribution in [1.29, 1.82) is 0 Å². The Bertz CT molecular complexity index is 855. The third-order valence-electron chi connectivity index (χ3n) is 3.81. The molecule has 0 aromatic heterocycles. The van der Waals surface area contributed by atoms with Crippen molar-refractivity contribution in [1.82, 2.24) is 9.62 Å². The number of rotatable bonds is 7. The van der Waals surface area contributed by atoms with Gasteiger partial charge in [-0.1, -0.05) is 35.9 Å². The highest BCUT2D eigenvalue weighted by atomic mass is 35.5. The summed E-state index contributed by atoms with van der Waals surface area (Å²) in [5.41, 5.74) is 1.45. The first-order chi connectivity index (χ1) is 12.1. The predicted octanol–water partition coefficient (Wildman–Crippen LogP) is 3.12. The molecule has 0 aliphatic carbocycles. The third kappa shape index (κ3) is 6.09. The van der Waals surface area contributed by atoms with E-state index in [9.17, 15) is 17.6 Å². The predicted molar refractivity (Wildman–Crippen MR) is 99.7 cm³/mol. The molecular formula is C18H20ClFN2O3S. The number of benzene rings is 2. The van der Waals surface area contributed by atoms with Crippen LogP contribution >= 0.6 is 11.6 Å². The molecule has 1 atom stereocenters. The Balaban J connectivity index is 2.04. The van der Waals surface area contributed by atoms with Crippen molar-refractivity contribution in [3.05, 3.63) is 70.5 Å². The summed E-state index contributed by atoms with van der Waals surface area (Å²) in [6.07, 6.45) is 1.03. The normalized spacial score (nSPS) is 12.8. The minimum Gasteiger partial charge on any atom is -0.348 e. The molecule has 1 amide bonds. The quantitative estimate of drug-likeness (QED) is 0.779. The lowest BCUT2D eigenvalue weighted by Gasteiger charge is -2.21. The van der Waals surface area contributed by atoms with Gasteiger partial charge in [-0.05, 0) is 42.3 Å². The highest BCUT2D eigenvalue weighted by Crippen LogP contribution is 2.16. The number of sulfonamides is 1. The minimum absolute atomic E-state index is 0.0120. The second-order valence-corrected chi connectivity index (χ2v) is 8.42. The van der Waals surface area contributed by atoms with Crippen LogP contribution in [-0.2, 0) is 21.4 Å². The largest absolute Gasteiger partial charge is 0.348 e. The molecule has 2 aromatic carbocycles. The smallest absolute Gasteiger partial charge is 0.235 e. The maximum Gasteiger partial charge on any atom is 0.235 e. The van der Waals surface area contributed by atoms with E-state index in [0.717, 1.165) is 16.1 Å². The maximum absolute atomic E-state index is 13.0. The van der Waals surface area contributed by atoms with Crippen LogP contribution in [0.1, 0.15) is 24.1 Å². The summed E-state index contributed by atoms with van der Waals surface area (Å²) in [4.78, 5) is 12.3. The fraction of sp³-hybridized carbons (Fsp3) is 0.278. The molecule has 140 valence electrons. The van der Waals surface area contributed by atoms with Gasteiger partial charge in [0, 0.05) is 11.6 Å². The number of carbonyl (C=O) groups is 1. The Labute approximate surface area is 157 Å². The van der Waals surface area contributed by atoms with Gasteiger partial charge >= 0.3 is 0 Å². The molecule has 0 aliphatic rings. The van der Waals surface area contributed by atoms with Crippen LogP contribution in [0.5, 0.6) is 0 Å². The van der Waals surface area contributed by atoms with Crippen LogP contribution in [0.4, 0.5) is 4.39 Å². The fourth-order valence-electron chi connectivity index (χ4n) is 2.37. The highest BCUT2D eigenvalue weighted by molar-refractivity contribution is 7.88. The van der Waals surface area contributed by atoms with Crippen LogP contribution < -0.4 is 5.32 Å². The highest BCUT2D eigenvalue weighted by Gasteiger charge is 2.21. The number of nitrogens with one attached hydrogen (secondary N) is 1. The molecule has 5 nitrogen and oxygen atoms in total. The van der Waals surface area contributed by atoms with Gasteiger partial charge in [-0.25, -0.2) is 12.8 Å². The van der Waals surface area contributed by atoms with Crippen molar-refractivity contribution in [3.8, 4) is 0 Å². The summed E-state index contributed by atoms with van der Waals surface area (Å²) in [6, 6.07) is 12.2. The molecule has 2 aromatic rings. The second-order valence-electron chi connectivity index (χ2n) is 6.00. The zero-order valence-corrected chi connectivity index (χ0v) is 16.0. The van der Waals surface area contributed by atoms with Gasteiger partial charge in [-0.2, -0.15) is 4.31 Å². The molecule has 8 heteroatoms. The van der Waals surface area contributed by atoms with Gasteiger partial charge in [0.05, 0.1) is 18.8 Å². The summed E-state index contributed by atoms with van der Waals surface area (Å²) in [5.74, 6) is -0.839. The molecule has 0 spiro atoms. The SMILES string of the molecule is CC(NC(=O)CN(Cc1ccc(F)cc1)S(C)(=O)=O)c1ccc(Cl)cc1. The van der Waals surface area contributed by atoms with Crippen LogP contribution in [0.2, 0.25) is 5.02 Å². The van der Waals surface area contributed by atoms with Crippen molar-refractivity contribution >= 4 is 27.5 Å². The summed E-state index contributed by atoms with van der Waals surface area (Å²) in [7, 11) is -3.61. The lowest BCUT2D eigenvalue weighted by molar-refractivity contribution is -0.122. The van der Waals surface area contributed by atoms with Gasteiger partial charge in [-0.15, -0.1) is 0 Å². The van der Waals surface area contributed by atoms with E-state index in [1.165, 1.54) is 24.3 Å². The topological polar surface area (TPSA) is 66.5 Å². The van der Waals surface area contributed by atoms with E-state index >= 15 is 0 Å². The van der Waals surface area contributed by atoms with Gasteiger partial charge in [-0.3, -0.25) is 4.79 Å². The average molecular weight is 399 g/mol. The number of hydrogen-bond donors (Lipinski definition) is 1. The molecular weight excluding hydrogens is 379 g/mol. The van der Waals surface area contributed by atoms with Crippen LogP contribution in [0, 0.1) is 5.82 Å². The Hall–Kier alpha value is -1.96. The van der Waals surface area contributed by atoms with Crippen molar-refractivity contribution in [2.45, 2.75) is 19.5 Å². The number of hydrogen-bond acceptors (Lipinski definition) is 3. The van der Waals surface area contributed by atoms with Crippen LogP contribution in [0.25, 0.3) is 0 Å². The molecule has 0 saturated carbocycles. The average Bonchev–Trinajstić information content (AvgIpc) is 2.56. The molecule has 0 saturated heterocycles. The Kier molecular flexibility index (Phi) is 6.75. The monoisotopic (exact) mass is 398 g/mol. The lowest BCUT2D eigenvalue weighted by Crippen LogP contribution is -2.40. The van der Waals surface area contributed by atoms with Crippen molar-refractivity contribution in [3.63, 3.8) is 0 Å². The first-order valence-corrected chi connectivity index (χ1v) is 10.1. The van der Waals surface area contributed by atoms with E-state index in [2.05, 4.69) is 5.32 Å². The molecule has 1 unspecified atom stereocenters. The zero-order chi connectivity index (χ0) is 19.3. The van der Waals surface area contributed by atoms with Gasteiger partial charge in [0.2, 0.25) is 15.9 Å². The Morgan fingerprint density at radius 3 is 2.27 bits per heavy atom. The van der Waals surface area contributed by atoms with E-state index in [0.29, 0.717) is 10.6 Å². The molecule has 0 fully saturated rings. The minimum atomic E-state index is -3.61. The number of nitrogens with zero attached hydrogens (tertiary/aromatic N) is 1. The van der Waals surface area contributed by atoms with E-state index in [1.807, 2.05) is 0 Å². The third-order valence-corrected chi connectivity index (χ3v) is 5.26. The van der Waals surface area contributed by atoms with Gasteiger partial charge < -0.3 is 5.32 Å². The molecule has 0 heterocycles. The van der Waals surface area contributed by atoms with Crippen LogP contribution in [-0.4, -0.2) is 31.4 Å². The van der Waals surface area contributed by atoms with Crippen molar-refractivity contribution < 1.29 is 17.6 Å². The van der Waals surface area contributed by atoms with Crippen LogP contribution in [0.3, 0.4) is 0 Å². The molecule has 0 aliphatic heterocycles. The Morgan fingerprint density at radius 1 is 1.15 bits per heavy atom. The summed E-state index contributed by atoms with van der Waals surface area (Å²) < 4.78 is 38.0.